The first-order valence-electron chi connectivity index (χ1n) is 9.42. The molecule has 0 radical (unpaired) electrons. The van der Waals surface area contributed by atoms with E-state index in [1.807, 2.05) is 52.0 Å². The molecule has 1 aromatic heterocycles. The Labute approximate surface area is 160 Å². The lowest BCUT2D eigenvalue weighted by atomic mass is 9.78. The smallest absolute Gasteiger partial charge is 0.399 e. The Balaban J connectivity index is 1.78. The number of rotatable bonds is 7. The number of aromatic nitrogens is 1. The summed E-state index contributed by atoms with van der Waals surface area (Å²) >= 11 is 0. The summed E-state index contributed by atoms with van der Waals surface area (Å²) in [6, 6.07) is 7.62. The van der Waals surface area contributed by atoms with E-state index in [2.05, 4.69) is 0 Å². The number of nitrogens with zero attached hydrogens (tertiary/aromatic N) is 1. The van der Waals surface area contributed by atoms with E-state index in [0.29, 0.717) is 31.6 Å². The van der Waals surface area contributed by atoms with Crippen LogP contribution in [0.4, 0.5) is 0 Å². The molecule has 7 heteroatoms. The van der Waals surface area contributed by atoms with Gasteiger partial charge in [0.05, 0.1) is 17.8 Å². The number of hydrogen-bond acceptors (Lipinski definition) is 5. The second-order valence-electron chi connectivity index (χ2n) is 7.94. The molecule has 27 heavy (non-hydrogen) atoms. The average molecular weight is 373 g/mol. The molecule has 1 N–H and O–H groups in total. The van der Waals surface area contributed by atoms with Crippen molar-refractivity contribution in [1.29, 1.82) is 0 Å². The highest BCUT2D eigenvalue weighted by Crippen LogP contribution is 2.36. The Morgan fingerprint density at radius 1 is 1.11 bits per heavy atom. The normalized spacial score (nSPS) is 18.3. The van der Waals surface area contributed by atoms with Gasteiger partial charge >= 0.3 is 7.12 Å². The number of benzene rings is 1. The second-order valence-corrected chi connectivity index (χ2v) is 7.94. The Bertz CT molecular complexity index is 845. The van der Waals surface area contributed by atoms with Gasteiger partial charge in [0.15, 0.2) is 0 Å². The van der Waals surface area contributed by atoms with Gasteiger partial charge in [-0.2, -0.15) is 0 Å². The maximum atomic E-state index is 12.7. The van der Waals surface area contributed by atoms with Gasteiger partial charge in [-0.25, -0.2) is 0 Å². The topological polar surface area (TPSA) is 69.9 Å². The minimum atomic E-state index is -0.443. The molecule has 2 aromatic rings. The van der Waals surface area contributed by atoms with Crippen LogP contribution in [0.1, 0.15) is 34.1 Å². The van der Waals surface area contributed by atoms with Crippen molar-refractivity contribution in [2.75, 3.05) is 19.8 Å². The zero-order valence-corrected chi connectivity index (χ0v) is 16.5. The summed E-state index contributed by atoms with van der Waals surface area (Å²) in [5.74, 6) is 0. The van der Waals surface area contributed by atoms with Crippen molar-refractivity contribution >= 4 is 23.4 Å². The predicted octanol–water partition coefficient (Wildman–Crippen LogP) is 1.70. The molecule has 0 amide bonds. The molecule has 1 aromatic carbocycles. The third-order valence-corrected chi connectivity index (χ3v) is 5.45. The van der Waals surface area contributed by atoms with Crippen LogP contribution in [0.15, 0.2) is 35.3 Å². The van der Waals surface area contributed by atoms with Crippen molar-refractivity contribution in [3.05, 3.63) is 40.8 Å². The fourth-order valence-electron chi connectivity index (χ4n) is 3.04. The van der Waals surface area contributed by atoms with Crippen LogP contribution in [0.25, 0.3) is 10.8 Å². The standard InChI is InChI=1S/C20H28BNO5/c1-19(2)20(3,4)27-21(26-19)16-6-7-17-15(14-16)8-9-22(18(17)24)10-13-25-12-5-11-23/h6-9,14,23H,5,10-13H2,1-4H3. The lowest BCUT2D eigenvalue weighted by molar-refractivity contribution is 0.00578. The third-order valence-electron chi connectivity index (χ3n) is 5.45. The quantitative estimate of drug-likeness (QED) is 0.591. The molecular formula is C20H28BNO5. The van der Waals surface area contributed by atoms with E-state index < -0.39 is 18.3 Å². The molecule has 1 aliphatic rings. The number of ether oxygens (including phenoxy) is 1. The number of aliphatic hydroxyl groups is 1. The minimum Gasteiger partial charge on any atom is -0.399 e. The van der Waals surface area contributed by atoms with Gasteiger partial charge in [0, 0.05) is 31.3 Å². The fraction of sp³-hybridized carbons (Fsp3) is 0.550. The molecule has 1 aliphatic heterocycles. The Kier molecular flexibility index (Phi) is 5.77. The maximum Gasteiger partial charge on any atom is 0.494 e. The summed E-state index contributed by atoms with van der Waals surface area (Å²) < 4.78 is 19.3. The minimum absolute atomic E-state index is 0.0428. The van der Waals surface area contributed by atoms with Crippen LogP contribution in [0.2, 0.25) is 0 Å². The van der Waals surface area contributed by atoms with Gasteiger partial charge in [-0.15, -0.1) is 0 Å². The summed E-state index contributed by atoms with van der Waals surface area (Å²) in [5.41, 5.74) is 0.0716. The van der Waals surface area contributed by atoms with E-state index >= 15 is 0 Å². The Morgan fingerprint density at radius 2 is 1.81 bits per heavy atom. The van der Waals surface area contributed by atoms with Crippen molar-refractivity contribution in [2.24, 2.45) is 0 Å². The summed E-state index contributed by atoms with van der Waals surface area (Å²) in [5, 5.41) is 10.3. The van der Waals surface area contributed by atoms with Crippen LogP contribution in [0.3, 0.4) is 0 Å². The Morgan fingerprint density at radius 3 is 2.48 bits per heavy atom. The van der Waals surface area contributed by atoms with Gasteiger partial charge in [-0.05, 0) is 57.1 Å². The first-order valence-corrected chi connectivity index (χ1v) is 9.42. The average Bonchev–Trinajstić information content (AvgIpc) is 2.84. The molecule has 6 nitrogen and oxygen atoms in total. The number of hydrogen-bond donors (Lipinski definition) is 1. The van der Waals surface area contributed by atoms with E-state index in [-0.39, 0.29) is 12.2 Å². The van der Waals surface area contributed by atoms with E-state index in [0.717, 1.165) is 10.8 Å². The maximum absolute atomic E-state index is 12.7. The molecule has 0 unspecified atom stereocenters. The van der Waals surface area contributed by atoms with Crippen LogP contribution in [0.5, 0.6) is 0 Å². The molecular weight excluding hydrogens is 345 g/mol. The second kappa shape index (κ2) is 7.76. The molecule has 146 valence electrons. The van der Waals surface area contributed by atoms with E-state index in [1.165, 1.54) is 0 Å². The van der Waals surface area contributed by atoms with E-state index in [9.17, 15) is 4.79 Å². The van der Waals surface area contributed by atoms with Gasteiger partial charge < -0.3 is 23.7 Å². The monoisotopic (exact) mass is 373 g/mol. The fourth-order valence-corrected chi connectivity index (χ4v) is 3.04. The third kappa shape index (κ3) is 4.11. The van der Waals surface area contributed by atoms with Gasteiger partial charge in [0.2, 0.25) is 0 Å². The first kappa shape index (κ1) is 20.1. The zero-order valence-electron chi connectivity index (χ0n) is 16.5. The van der Waals surface area contributed by atoms with Crippen molar-refractivity contribution in [2.45, 2.75) is 51.9 Å². The van der Waals surface area contributed by atoms with Crippen LogP contribution in [-0.4, -0.2) is 47.8 Å². The van der Waals surface area contributed by atoms with Crippen LogP contribution < -0.4 is 11.0 Å². The van der Waals surface area contributed by atoms with Crippen molar-refractivity contribution in [3.8, 4) is 0 Å². The lowest BCUT2D eigenvalue weighted by Crippen LogP contribution is -2.41. The van der Waals surface area contributed by atoms with Gasteiger partial charge in [0.1, 0.15) is 0 Å². The van der Waals surface area contributed by atoms with Crippen LogP contribution in [0, 0.1) is 0 Å². The molecule has 0 atom stereocenters. The van der Waals surface area contributed by atoms with E-state index in [4.69, 9.17) is 19.2 Å². The predicted molar refractivity (Wildman–Crippen MR) is 106 cm³/mol. The molecule has 1 fully saturated rings. The highest BCUT2D eigenvalue weighted by atomic mass is 16.7. The number of aliphatic hydroxyl groups excluding tert-OH is 1. The number of fused-ring (bicyclic) bond motifs is 1. The van der Waals surface area contributed by atoms with Crippen molar-refractivity contribution in [3.63, 3.8) is 0 Å². The molecule has 2 heterocycles. The summed E-state index contributed by atoms with van der Waals surface area (Å²) in [7, 11) is -0.443. The number of pyridine rings is 1. The van der Waals surface area contributed by atoms with Gasteiger partial charge in [-0.3, -0.25) is 4.79 Å². The largest absolute Gasteiger partial charge is 0.494 e. The van der Waals surface area contributed by atoms with Crippen molar-refractivity contribution in [1.82, 2.24) is 4.57 Å². The molecule has 3 rings (SSSR count). The molecule has 1 saturated heterocycles. The Hall–Kier alpha value is -1.67. The van der Waals surface area contributed by atoms with E-state index in [1.54, 1.807) is 10.8 Å². The summed E-state index contributed by atoms with van der Waals surface area (Å²) in [4.78, 5) is 12.7. The van der Waals surface area contributed by atoms with Gasteiger partial charge in [-0.1, -0.05) is 12.1 Å². The zero-order chi connectivity index (χ0) is 19.7. The highest BCUT2D eigenvalue weighted by molar-refractivity contribution is 6.62. The molecule has 0 saturated carbocycles. The molecule has 0 aliphatic carbocycles. The van der Waals surface area contributed by atoms with Crippen LogP contribution >= 0.6 is 0 Å². The van der Waals surface area contributed by atoms with Crippen LogP contribution in [-0.2, 0) is 20.6 Å². The summed E-state index contributed by atoms with van der Waals surface area (Å²) in [6.45, 7) is 9.63. The molecule has 0 spiro atoms. The highest BCUT2D eigenvalue weighted by Gasteiger charge is 2.51. The molecule has 0 bridgehead atoms. The van der Waals surface area contributed by atoms with Gasteiger partial charge in [0.25, 0.3) is 5.56 Å². The summed E-state index contributed by atoms with van der Waals surface area (Å²) in [6.07, 6.45) is 2.39. The SMILES string of the molecule is CC1(C)OB(c2ccc3c(=O)n(CCOCCCO)ccc3c2)OC1(C)C. The lowest BCUT2D eigenvalue weighted by Gasteiger charge is -2.32. The van der Waals surface area contributed by atoms with Crippen molar-refractivity contribution < 1.29 is 19.2 Å². The first-order chi connectivity index (χ1) is 12.7.